The molecule has 68 valence electrons. The number of methoxy groups -OCH3 is 1. The van der Waals surface area contributed by atoms with Crippen LogP contribution in [0, 0.1) is 5.41 Å². The molecule has 1 atom stereocenters. The van der Waals surface area contributed by atoms with Gasteiger partial charge in [0, 0.05) is 0 Å². The second-order valence-electron chi connectivity index (χ2n) is 3.37. The van der Waals surface area contributed by atoms with Crippen molar-refractivity contribution in [2.75, 3.05) is 7.11 Å². The summed E-state index contributed by atoms with van der Waals surface area (Å²) in [7, 11) is 1.34. The molecule has 0 rings (SSSR count). The van der Waals surface area contributed by atoms with Crippen LogP contribution in [-0.4, -0.2) is 19.1 Å². The maximum Gasteiger partial charge on any atom is 0.323 e. The third-order valence-corrected chi connectivity index (χ3v) is 1.39. The number of nitrogens with two attached hydrogens (primary N) is 1. The summed E-state index contributed by atoms with van der Waals surface area (Å²) >= 11 is 0. The molecule has 0 aromatic heterocycles. The summed E-state index contributed by atoms with van der Waals surface area (Å²) in [5.74, 6) is -0.354. The van der Waals surface area contributed by atoms with Gasteiger partial charge in [-0.2, -0.15) is 0 Å². The van der Waals surface area contributed by atoms with Crippen LogP contribution in [0.2, 0.25) is 0 Å². The lowest BCUT2D eigenvalue weighted by atomic mass is 9.88. The molecule has 4 heteroatoms. The van der Waals surface area contributed by atoms with Crippen LogP contribution in [0.5, 0.6) is 0 Å². The van der Waals surface area contributed by atoms with E-state index < -0.39 is 6.04 Å². The van der Waals surface area contributed by atoms with Crippen LogP contribution >= 0.6 is 12.4 Å². The molecule has 0 amide bonds. The van der Waals surface area contributed by atoms with Crippen LogP contribution in [0.15, 0.2) is 0 Å². The van der Waals surface area contributed by atoms with Crippen molar-refractivity contribution in [1.82, 2.24) is 0 Å². The summed E-state index contributed by atoms with van der Waals surface area (Å²) in [5.41, 5.74) is 5.32. The first-order chi connectivity index (χ1) is 4.39. The first-order valence-corrected chi connectivity index (χ1v) is 3.23. The summed E-state index contributed by atoms with van der Waals surface area (Å²) < 4.78 is 4.47. The Morgan fingerprint density at radius 3 is 1.91 bits per heavy atom. The molecule has 3 nitrogen and oxygen atoms in total. The van der Waals surface area contributed by atoms with Crippen LogP contribution in [0.3, 0.4) is 0 Å². The normalized spacial score (nSPS) is 13.2. The van der Waals surface area contributed by atoms with Crippen molar-refractivity contribution in [3.05, 3.63) is 0 Å². The molecule has 2 N–H and O–H groups in total. The van der Waals surface area contributed by atoms with Gasteiger partial charge >= 0.3 is 5.97 Å². The third-order valence-electron chi connectivity index (χ3n) is 1.39. The van der Waals surface area contributed by atoms with Crippen LogP contribution in [0.4, 0.5) is 0 Å². The van der Waals surface area contributed by atoms with Gasteiger partial charge in [0.1, 0.15) is 6.04 Å². The van der Waals surface area contributed by atoms with Gasteiger partial charge in [-0.3, -0.25) is 4.79 Å². The van der Waals surface area contributed by atoms with E-state index in [0.29, 0.717) is 0 Å². The Balaban J connectivity index is 0. The number of carbonyl (C=O) groups is 1. The zero-order valence-corrected chi connectivity index (χ0v) is 8.20. The summed E-state index contributed by atoms with van der Waals surface area (Å²) in [6, 6.07) is -0.530. The van der Waals surface area contributed by atoms with Gasteiger partial charge in [-0.15, -0.1) is 12.4 Å². The molecule has 0 radical (unpaired) electrons. The number of halogens is 1. The molecule has 0 fully saturated rings. The number of hydrogen-bond donors (Lipinski definition) is 1. The highest BCUT2D eigenvalue weighted by Crippen LogP contribution is 2.17. The zero-order chi connectivity index (χ0) is 8.36. The Morgan fingerprint density at radius 2 is 1.82 bits per heavy atom. The Hall–Kier alpha value is -0.280. The average Bonchev–Trinajstić information content (AvgIpc) is 1.83. The van der Waals surface area contributed by atoms with Gasteiger partial charge in [0.15, 0.2) is 0 Å². The summed E-state index contributed by atoms with van der Waals surface area (Å²) in [5, 5.41) is 0. The zero-order valence-electron chi connectivity index (χ0n) is 7.38. The van der Waals surface area contributed by atoms with E-state index in [2.05, 4.69) is 4.74 Å². The van der Waals surface area contributed by atoms with Crippen molar-refractivity contribution in [1.29, 1.82) is 0 Å². The molecule has 0 aromatic rings. The number of ether oxygens (including phenoxy) is 1. The van der Waals surface area contributed by atoms with Crippen molar-refractivity contribution in [3.8, 4) is 0 Å². The molecular weight excluding hydrogens is 166 g/mol. The van der Waals surface area contributed by atoms with E-state index >= 15 is 0 Å². The second kappa shape index (κ2) is 4.57. The Labute approximate surface area is 73.7 Å². The van der Waals surface area contributed by atoms with Crippen molar-refractivity contribution >= 4 is 18.4 Å². The average molecular weight is 182 g/mol. The topological polar surface area (TPSA) is 52.3 Å². The fraction of sp³-hybridized carbons (Fsp3) is 0.857. The Kier molecular flexibility index (Phi) is 5.53. The van der Waals surface area contributed by atoms with Gasteiger partial charge in [0.05, 0.1) is 7.11 Å². The van der Waals surface area contributed by atoms with Crippen molar-refractivity contribution < 1.29 is 9.53 Å². The quantitative estimate of drug-likeness (QED) is 0.613. The molecule has 0 aliphatic rings. The van der Waals surface area contributed by atoms with Gasteiger partial charge in [0.25, 0.3) is 0 Å². The van der Waals surface area contributed by atoms with E-state index in [9.17, 15) is 4.79 Å². The predicted molar refractivity (Wildman–Crippen MR) is 46.7 cm³/mol. The lowest BCUT2D eigenvalue weighted by molar-refractivity contribution is -0.144. The first kappa shape index (κ1) is 13.3. The SMILES string of the molecule is COC(=O)[C@H](N)C(C)(C)C.Cl. The summed E-state index contributed by atoms with van der Waals surface area (Å²) in [4.78, 5) is 10.8. The van der Waals surface area contributed by atoms with Crippen molar-refractivity contribution in [3.63, 3.8) is 0 Å². The molecule has 0 bridgehead atoms. The smallest absolute Gasteiger partial charge is 0.323 e. The van der Waals surface area contributed by atoms with Crippen molar-refractivity contribution in [2.45, 2.75) is 26.8 Å². The fourth-order valence-corrected chi connectivity index (χ4v) is 0.481. The minimum absolute atomic E-state index is 0. The van der Waals surface area contributed by atoms with Gasteiger partial charge in [-0.05, 0) is 5.41 Å². The number of hydrogen-bond acceptors (Lipinski definition) is 3. The van der Waals surface area contributed by atoms with Crippen molar-refractivity contribution in [2.24, 2.45) is 11.1 Å². The highest BCUT2D eigenvalue weighted by atomic mass is 35.5. The predicted octanol–water partition coefficient (Wildman–Crippen LogP) is 0.955. The molecule has 0 saturated heterocycles. The van der Waals surface area contributed by atoms with E-state index in [1.54, 1.807) is 0 Å². The molecule has 11 heavy (non-hydrogen) atoms. The highest BCUT2D eigenvalue weighted by molar-refractivity contribution is 5.85. The maximum atomic E-state index is 10.8. The van der Waals surface area contributed by atoms with Gasteiger partial charge in [-0.25, -0.2) is 0 Å². The maximum absolute atomic E-state index is 10.8. The minimum Gasteiger partial charge on any atom is -0.468 e. The molecule has 0 aliphatic heterocycles. The van der Waals surface area contributed by atoms with Gasteiger partial charge < -0.3 is 10.5 Å². The standard InChI is InChI=1S/C7H15NO2.ClH/c1-7(2,3)5(8)6(9)10-4;/h5H,8H2,1-4H3;1H/t5-;/m0./s1. The number of carbonyl (C=O) groups excluding carboxylic acids is 1. The lowest BCUT2D eigenvalue weighted by Crippen LogP contribution is -2.42. The van der Waals surface area contributed by atoms with Crippen LogP contribution in [0.1, 0.15) is 20.8 Å². The summed E-state index contributed by atoms with van der Waals surface area (Å²) in [6.07, 6.45) is 0. The molecule has 0 aliphatic carbocycles. The molecule has 0 aromatic carbocycles. The number of esters is 1. The molecular formula is C7H16ClNO2. The highest BCUT2D eigenvalue weighted by Gasteiger charge is 2.27. The van der Waals surface area contributed by atoms with Crippen LogP contribution < -0.4 is 5.73 Å². The summed E-state index contributed by atoms with van der Waals surface area (Å²) in [6.45, 7) is 5.69. The molecule has 0 unspecified atom stereocenters. The Bertz CT molecular complexity index is 131. The van der Waals surface area contributed by atoms with E-state index in [1.807, 2.05) is 20.8 Å². The van der Waals surface area contributed by atoms with E-state index in [-0.39, 0.29) is 23.8 Å². The Morgan fingerprint density at radius 1 is 1.45 bits per heavy atom. The van der Waals surface area contributed by atoms with Crippen LogP contribution in [0.25, 0.3) is 0 Å². The molecule has 0 spiro atoms. The lowest BCUT2D eigenvalue weighted by Gasteiger charge is -2.23. The molecule has 0 saturated carbocycles. The number of rotatable bonds is 1. The van der Waals surface area contributed by atoms with E-state index in [1.165, 1.54) is 7.11 Å². The third kappa shape index (κ3) is 4.22. The van der Waals surface area contributed by atoms with Crippen LogP contribution in [-0.2, 0) is 9.53 Å². The van der Waals surface area contributed by atoms with E-state index in [0.717, 1.165) is 0 Å². The minimum atomic E-state index is -0.530. The monoisotopic (exact) mass is 181 g/mol. The fourth-order valence-electron chi connectivity index (χ4n) is 0.481. The first-order valence-electron chi connectivity index (χ1n) is 3.23. The largest absolute Gasteiger partial charge is 0.468 e. The van der Waals surface area contributed by atoms with Gasteiger partial charge in [-0.1, -0.05) is 20.8 Å². The second-order valence-corrected chi connectivity index (χ2v) is 3.37. The van der Waals surface area contributed by atoms with E-state index in [4.69, 9.17) is 5.73 Å². The molecule has 0 heterocycles. The van der Waals surface area contributed by atoms with Gasteiger partial charge in [0.2, 0.25) is 0 Å².